The minimum Gasteiger partial charge on any atom is -0.394 e. The van der Waals surface area contributed by atoms with Crippen LogP contribution >= 0.6 is 0 Å². The predicted octanol–water partition coefficient (Wildman–Crippen LogP) is 3.69. The molecule has 1 aliphatic carbocycles. The number of hydrogen-bond acceptors (Lipinski definition) is 3. The Hall–Kier alpha value is -2.66. The van der Waals surface area contributed by atoms with Crippen LogP contribution in [0.5, 0.6) is 0 Å². The molecule has 0 aliphatic heterocycles. The third-order valence-corrected chi connectivity index (χ3v) is 4.75. The van der Waals surface area contributed by atoms with E-state index < -0.39 is 0 Å². The van der Waals surface area contributed by atoms with Crippen LogP contribution < -0.4 is 5.32 Å². The van der Waals surface area contributed by atoms with Crippen molar-refractivity contribution in [3.63, 3.8) is 0 Å². The van der Waals surface area contributed by atoms with Crippen molar-refractivity contribution in [1.82, 2.24) is 4.90 Å². The molecule has 2 aromatic carbocycles. The van der Waals surface area contributed by atoms with Gasteiger partial charge in [0.05, 0.1) is 12.6 Å². The quantitative estimate of drug-likeness (QED) is 0.747. The van der Waals surface area contributed by atoms with Crippen molar-refractivity contribution in [2.24, 2.45) is 5.92 Å². The Morgan fingerprint density at radius 3 is 2.31 bits per heavy atom. The van der Waals surface area contributed by atoms with Crippen LogP contribution in [0.25, 0.3) is 0 Å². The van der Waals surface area contributed by atoms with Gasteiger partial charge in [0.1, 0.15) is 0 Å². The van der Waals surface area contributed by atoms with E-state index in [9.17, 15) is 14.7 Å². The van der Waals surface area contributed by atoms with Crippen molar-refractivity contribution >= 4 is 17.5 Å². The molecule has 0 radical (unpaired) electrons. The highest BCUT2D eigenvalue weighted by Crippen LogP contribution is 2.36. The Morgan fingerprint density at radius 2 is 1.77 bits per heavy atom. The van der Waals surface area contributed by atoms with Crippen molar-refractivity contribution in [2.45, 2.75) is 32.4 Å². The number of anilines is 1. The van der Waals surface area contributed by atoms with Crippen LogP contribution in [0.15, 0.2) is 54.6 Å². The number of rotatable bonds is 7. The molecular weight excluding hydrogens is 328 g/mol. The molecule has 1 aliphatic rings. The molecule has 1 saturated carbocycles. The number of carbonyl (C=O) groups is 2. The molecule has 0 saturated heterocycles. The summed E-state index contributed by atoms with van der Waals surface area (Å²) in [5, 5.41) is 12.7. The van der Waals surface area contributed by atoms with E-state index in [0.29, 0.717) is 23.7 Å². The van der Waals surface area contributed by atoms with Crippen molar-refractivity contribution in [3.05, 3.63) is 65.7 Å². The van der Waals surface area contributed by atoms with E-state index >= 15 is 0 Å². The normalized spacial score (nSPS) is 14.5. The number of nitrogens with zero attached hydrogens (tertiary/aromatic N) is 1. The van der Waals surface area contributed by atoms with Crippen LogP contribution in [0.1, 0.15) is 35.7 Å². The third-order valence-electron chi connectivity index (χ3n) is 4.75. The zero-order valence-electron chi connectivity index (χ0n) is 14.9. The lowest BCUT2D eigenvalue weighted by molar-refractivity contribution is 0.101. The monoisotopic (exact) mass is 352 g/mol. The lowest BCUT2D eigenvalue weighted by Crippen LogP contribution is -2.45. The first-order chi connectivity index (χ1) is 12.6. The maximum atomic E-state index is 12.9. The maximum absolute atomic E-state index is 12.9. The van der Waals surface area contributed by atoms with E-state index in [0.717, 1.165) is 18.4 Å². The Morgan fingerprint density at radius 1 is 1.12 bits per heavy atom. The summed E-state index contributed by atoms with van der Waals surface area (Å²) in [5.74, 6) is 0.345. The van der Waals surface area contributed by atoms with Crippen molar-refractivity contribution < 1.29 is 14.7 Å². The number of benzene rings is 2. The number of amides is 2. The van der Waals surface area contributed by atoms with Crippen LogP contribution in [-0.4, -0.2) is 34.5 Å². The SMILES string of the molecule is CC(=O)c1ccc(NC(=O)N(Cc2ccccc2)[C@H](CO)C2CC2)cc1. The molecule has 5 nitrogen and oxygen atoms in total. The minimum absolute atomic E-state index is 0.0114. The van der Waals surface area contributed by atoms with E-state index in [2.05, 4.69) is 5.32 Å². The lowest BCUT2D eigenvalue weighted by Gasteiger charge is -2.31. The standard InChI is InChI=1S/C21H24N2O3/c1-15(25)17-9-11-19(12-10-17)22-21(26)23(20(14-24)18-7-8-18)13-16-5-3-2-4-6-16/h2-6,9-12,18,20,24H,7-8,13-14H2,1H3,(H,22,26)/t20-/m1/s1. The van der Waals surface area contributed by atoms with Gasteiger partial charge in [-0.15, -0.1) is 0 Å². The topological polar surface area (TPSA) is 69.6 Å². The average molecular weight is 352 g/mol. The first-order valence-electron chi connectivity index (χ1n) is 8.92. The summed E-state index contributed by atoms with van der Waals surface area (Å²) < 4.78 is 0. The van der Waals surface area contributed by atoms with Gasteiger partial charge < -0.3 is 15.3 Å². The molecule has 0 heterocycles. The number of nitrogens with one attached hydrogen (secondary N) is 1. The Labute approximate surface area is 153 Å². The highest BCUT2D eigenvalue weighted by Gasteiger charge is 2.37. The first-order valence-corrected chi connectivity index (χ1v) is 8.92. The van der Waals surface area contributed by atoms with E-state index in [1.807, 2.05) is 30.3 Å². The zero-order chi connectivity index (χ0) is 18.5. The fourth-order valence-electron chi connectivity index (χ4n) is 3.09. The fourth-order valence-corrected chi connectivity index (χ4v) is 3.09. The molecule has 136 valence electrons. The van der Waals surface area contributed by atoms with Gasteiger partial charge in [-0.2, -0.15) is 0 Å². The minimum atomic E-state index is -0.240. The largest absolute Gasteiger partial charge is 0.394 e. The second-order valence-electron chi connectivity index (χ2n) is 6.76. The smallest absolute Gasteiger partial charge is 0.322 e. The van der Waals surface area contributed by atoms with Gasteiger partial charge in [0, 0.05) is 17.8 Å². The van der Waals surface area contributed by atoms with Crippen LogP contribution in [0.4, 0.5) is 10.5 Å². The molecule has 2 amide bonds. The summed E-state index contributed by atoms with van der Waals surface area (Å²) in [6.07, 6.45) is 2.08. The molecule has 1 atom stereocenters. The molecule has 5 heteroatoms. The highest BCUT2D eigenvalue weighted by molar-refractivity contribution is 5.95. The summed E-state index contributed by atoms with van der Waals surface area (Å²) in [5.41, 5.74) is 2.26. The number of hydrogen-bond donors (Lipinski definition) is 2. The summed E-state index contributed by atoms with van der Waals surface area (Å²) in [4.78, 5) is 26.0. The van der Waals surface area contributed by atoms with Crippen LogP contribution in [0, 0.1) is 5.92 Å². The van der Waals surface area contributed by atoms with Crippen LogP contribution in [0.3, 0.4) is 0 Å². The maximum Gasteiger partial charge on any atom is 0.322 e. The zero-order valence-corrected chi connectivity index (χ0v) is 14.9. The Balaban J connectivity index is 1.76. The van der Waals surface area contributed by atoms with E-state index in [1.165, 1.54) is 6.92 Å². The van der Waals surface area contributed by atoms with E-state index in [4.69, 9.17) is 0 Å². The van der Waals surface area contributed by atoms with E-state index in [-0.39, 0.29) is 24.5 Å². The second-order valence-corrected chi connectivity index (χ2v) is 6.76. The molecule has 0 aromatic heterocycles. The number of aliphatic hydroxyl groups excluding tert-OH is 1. The summed E-state index contributed by atoms with van der Waals surface area (Å²) in [6.45, 7) is 1.91. The number of aliphatic hydroxyl groups is 1. The van der Waals surface area contributed by atoms with Crippen LogP contribution in [0.2, 0.25) is 0 Å². The molecule has 0 bridgehead atoms. The second kappa shape index (κ2) is 8.15. The number of ketones is 1. The van der Waals surface area contributed by atoms with Gasteiger partial charge in [-0.05, 0) is 55.5 Å². The average Bonchev–Trinajstić information content (AvgIpc) is 3.48. The summed E-state index contributed by atoms with van der Waals surface area (Å²) in [6, 6.07) is 16.2. The molecule has 26 heavy (non-hydrogen) atoms. The van der Waals surface area contributed by atoms with Crippen molar-refractivity contribution in [3.8, 4) is 0 Å². The van der Waals surface area contributed by atoms with Gasteiger partial charge in [-0.25, -0.2) is 4.79 Å². The molecule has 2 aromatic rings. The molecule has 2 N–H and O–H groups in total. The van der Waals surface area contributed by atoms with Crippen molar-refractivity contribution in [2.75, 3.05) is 11.9 Å². The number of carbonyl (C=O) groups excluding carboxylic acids is 2. The lowest BCUT2D eigenvalue weighted by atomic mass is 10.1. The highest BCUT2D eigenvalue weighted by atomic mass is 16.3. The molecule has 3 rings (SSSR count). The van der Waals surface area contributed by atoms with Gasteiger partial charge in [-0.1, -0.05) is 30.3 Å². The molecule has 1 fully saturated rings. The molecule has 0 unspecified atom stereocenters. The van der Waals surface area contributed by atoms with E-state index in [1.54, 1.807) is 29.2 Å². The molecular formula is C21H24N2O3. The Bertz CT molecular complexity index is 755. The third kappa shape index (κ3) is 4.49. The first kappa shape index (κ1) is 18.1. The molecule has 0 spiro atoms. The van der Waals surface area contributed by atoms with Crippen molar-refractivity contribution in [1.29, 1.82) is 0 Å². The van der Waals surface area contributed by atoms with Gasteiger partial charge in [0.25, 0.3) is 0 Å². The summed E-state index contributed by atoms with van der Waals surface area (Å²) in [7, 11) is 0. The number of urea groups is 1. The summed E-state index contributed by atoms with van der Waals surface area (Å²) >= 11 is 0. The number of Topliss-reactive ketones (excluding diaryl/α,β-unsaturated/α-hetero) is 1. The van der Waals surface area contributed by atoms with Gasteiger partial charge in [0.15, 0.2) is 5.78 Å². The fraction of sp³-hybridized carbons (Fsp3) is 0.333. The van der Waals surface area contributed by atoms with Gasteiger partial charge in [-0.3, -0.25) is 4.79 Å². The van der Waals surface area contributed by atoms with Gasteiger partial charge >= 0.3 is 6.03 Å². The van der Waals surface area contributed by atoms with Crippen LogP contribution in [-0.2, 0) is 6.54 Å². The van der Waals surface area contributed by atoms with Gasteiger partial charge in [0.2, 0.25) is 0 Å². The Kier molecular flexibility index (Phi) is 5.68. The predicted molar refractivity (Wildman–Crippen MR) is 101 cm³/mol.